The van der Waals surface area contributed by atoms with Gasteiger partial charge in [0.1, 0.15) is 11.4 Å². The van der Waals surface area contributed by atoms with Crippen LogP contribution in [-0.2, 0) is 17.9 Å². The largest absolute Gasteiger partial charge is 0.480 e. The Bertz CT molecular complexity index is 935. The zero-order valence-corrected chi connectivity index (χ0v) is 16.1. The summed E-state index contributed by atoms with van der Waals surface area (Å²) in [6.07, 6.45) is 0. The number of carbonyl (C=O) groups excluding carboxylic acids is 1. The van der Waals surface area contributed by atoms with Crippen molar-refractivity contribution in [1.82, 2.24) is 15.3 Å². The summed E-state index contributed by atoms with van der Waals surface area (Å²) in [5.41, 5.74) is 3.08. The summed E-state index contributed by atoms with van der Waals surface area (Å²) in [5.74, 6) is 0.875. The summed E-state index contributed by atoms with van der Waals surface area (Å²) >= 11 is 1.34. The van der Waals surface area contributed by atoms with Gasteiger partial charge in [0.25, 0.3) is 5.91 Å². The number of aromatic nitrogens is 2. The van der Waals surface area contributed by atoms with Crippen molar-refractivity contribution < 1.29 is 14.3 Å². The van der Waals surface area contributed by atoms with Gasteiger partial charge >= 0.3 is 0 Å². The van der Waals surface area contributed by atoms with Crippen LogP contribution in [0.15, 0.2) is 24.3 Å². The fourth-order valence-electron chi connectivity index (χ4n) is 2.67. The van der Waals surface area contributed by atoms with Crippen LogP contribution in [0.3, 0.4) is 0 Å². The highest BCUT2D eigenvalue weighted by Crippen LogP contribution is 2.35. The zero-order valence-electron chi connectivity index (χ0n) is 15.3. The molecule has 0 fully saturated rings. The highest BCUT2D eigenvalue weighted by atomic mass is 32.1. The van der Waals surface area contributed by atoms with Gasteiger partial charge in [0.15, 0.2) is 5.82 Å². The topological polar surface area (TPSA) is 73.3 Å². The van der Waals surface area contributed by atoms with Crippen LogP contribution < -0.4 is 10.1 Å². The van der Waals surface area contributed by atoms with Crippen LogP contribution in [0.1, 0.15) is 32.2 Å². The van der Waals surface area contributed by atoms with E-state index in [9.17, 15) is 4.79 Å². The first-order chi connectivity index (χ1) is 12.5. The molecule has 0 spiro atoms. The molecule has 6 nitrogen and oxygen atoms in total. The van der Waals surface area contributed by atoms with Gasteiger partial charge in [0, 0.05) is 13.7 Å². The molecule has 0 aliphatic heterocycles. The van der Waals surface area contributed by atoms with Crippen LogP contribution in [0.4, 0.5) is 0 Å². The zero-order chi connectivity index (χ0) is 18.7. The number of methoxy groups -OCH3 is 2. The Kier molecular flexibility index (Phi) is 5.49. The highest BCUT2D eigenvalue weighted by molar-refractivity contribution is 7.20. The van der Waals surface area contributed by atoms with Crippen LogP contribution >= 0.6 is 11.3 Å². The van der Waals surface area contributed by atoms with Crippen LogP contribution in [0.2, 0.25) is 0 Å². The number of carbonyl (C=O) groups is 1. The third-order valence-corrected chi connectivity index (χ3v) is 5.23. The Labute approximate surface area is 156 Å². The van der Waals surface area contributed by atoms with Gasteiger partial charge in [-0.1, -0.05) is 29.8 Å². The maximum Gasteiger partial charge on any atom is 0.261 e. The van der Waals surface area contributed by atoms with E-state index in [0.29, 0.717) is 23.1 Å². The molecule has 1 amide bonds. The molecule has 0 saturated heterocycles. The van der Waals surface area contributed by atoms with Crippen molar-refractivity contribution in [2.75, 3.05) is 14.2 Å². The Balaban J connectivity index is 1.88. The van der Waals surface area contributed by atoms with Gasteiger partial charge in [0.2, 0.25) is 5.88 Å². The Morgan fingerprint density at radius 2 is 1.88 bits per heavy atom. The van der Waals surface area contributed by atoms with E-state index in [0.717, 1.165) is 21.3 Å². The summed E-state index contributed by atoms with van der Waals surface area (Å²) < 4.78 is 10.5. The maximum absolute atomic E-state index is 12.7. The van der Waals surface area contributed by atoms with E-state index >= 15 is 0 Å². The fraction of sp³-hybridized carbons (Fsp3) is 0.316. The molecule has 0 saturated carbocycles. The van der Waals surface area contributed by atoms with E-state index in [1.807, 2.05) is 38.1 Å². The summed E-state index contributed by atoms with van der Waals surface area (Å²) in [6.45, 7) is 4.69. The average molecular weight is 371 g/mol. The second-order valence-corrected chi connectivity index (χ2v) is 6.99. The number of nitrogens with zero attached hydrogens (tertiary/aromatic N) is 2. The third-order valence-electron chi connectivity index (χ3n) is 4.05. The van der Waals surface area contributed by atoms with Gasteiger partial charge < -0.3 is 14.8 Å². The first-order valence-corrected chi connectivity index (χ1v) is 9.01. The third kappa shape index (κ3) is 3.68. The Morgan fingerprint density at radius 1 is 1.15 bits per heavy atom. The first kappa shape index (κ1) is 18.3. The number of aryl methyl sites for hydroxylation is 2. The molecule has 3 rings (SSSR count). The molecule has 1 N–H and O–H groups in total. The minimum atomic E-state index is -0.124. The van der Waals surface area contributed by atoms with Crippen LogP contribution in [-0.4, -0.2) is 30.1 Å². The summed E-state index contributed by atoms with van der Waals surface area (Å²) in [6, 6.07) is 8.09. The number of benzene rings is 1. The van der Waals surface area contributed by atoms with Crippen molar-refractivity contribution in [2.45, 2.75) is 27.0 Å². The summed E-state index contributed by atoms with van der Waals surface area (Å²) in [7, 11) is 3.15. The van der Waals surface area contributed by atoms with Gasteiger partial charge in [0.05, 0.1) is 17.4 Å². The fourth-order valence-corrected chi connectivity index (χ4v) is 3.78. The predicted molar refractivity (Wildman–Crippen MR) is 102 cm³/mol. The smallest absolute Gasteiger partial charge is 0.261 e. The number of fused-ring (bicyclic) bond motifs is 1. The van der Waals surface area contributed by atoms with Crippen LogP contribution in [0, 0.1) is 13.8 Å². The second-order valence-electron chi connectivity index (χ2n) is 5.99. The summed E-state index contributed by atoms with van der Waals surface area (Å²) in [5, 5.41) is 3.75. The maximum atomic E-state index is 12.7. The lowest BCUT2D eigenvalue weighted by atomic mass is 10.1. The molecule has 26 heavy (non-hydrogen) atoms. The van der Waals surface area contributed by atoms with E-state index in [4.69, 9.17) is 9.47 Å². The monoisotopic (exact) mass is 371 g/mol. The molecule has 7 heteroatoms. The van der Waals surface area contributed by atoms with Gasteiger partial charge in [-0.3, -0.25) is 4.79 Å². The van der Waals surface area contributed by atoms with Crippen molar-refractivity contribution in [3.63, 3.8) is 0 Å². The SMILES string of the molecule is COCc1nc(OC)c2c(C)c(C(=O)NCc3ccc(C)cc3)sc2n1. The van der Waals surface area contributed by atoms with Crippen LogP contribution in [0.5, 0.6) is 5.88 Å². The predicted octanol–water partition coefficient (Wildman–Crippen LogP) is 3.39. The Morgan fingerprint density at radius 3 is 2.54 bits per heavy atom. The van der Waals surface area contributed by atoms with Gasteiger partial charge in [-0.2, -0.15) is 4.98 Å². The number of amides is 1. The molecule has 2 heterocycles. The average Bonchev–Trinajstić information content (AvgIpc) is 2.97. The lowest BCUT2D eigenvalue weighted by Crippen LogP contribution is -2.22. The molecule has 0 atom stereocenters. The number of hydrogen-bond acceptors (Lipinski definition) is 6. The van der Waals surface area contributed by atoms with Crippen molar-refractivity contribution in [2.24, 2.45) is 0 Å². The van der Waals surface area contributed by atoms with E-state index in [1.54, 1.807) is 14.2 Å². The van der Waals surface area contributed by atoms with Crippen molar-refractivity contribution in [3.05, 3.63) is 51.7 Å². The molecule has 136 valence electrons. The van der Waals surface area contributed by atoms with Crippen LogP contribution in [0.25, 0.3) is 10.2 Å². The number of ether oxygens (including phenoxy) is 2. The quantitative estimate of drug-likeness (QED) is 0.719. The summed E-state index contributed by atoms with van der Waals surface area (Å²) in [4.78, 5) is 22.9. The number of rotatable bonds is 6. The molecule has 0 radical (unpaired) electrons. The van der Waals surface area contributed by atoms with Crippen molar-refractivity contribution >= 4 is 27.5 Å². The van der Waals surface area contributed by atoms with E-state index < -0.39 is 0 Å². The molecule has 3 aromatic rings. The molecule has 0 bridgehead atoms. The second kappa shape index (κ2) is 7.80. The number of nitrogens with one attached hydrogen (secondary N) is 1. The standard InChI is InChI=1S/C19H21N3O3S/c1-11-5-7-13(8-6-11)9-20-17(23)16-12(2)15-18(25-4)21-14(10-24-3)22-19(15)26-16/h5-8H,9-10H2,1-4H3,(H,20,23). The highest BCUT2D eigenvalue weighted by Gasteiger charge is 2.21. The van der Waals surface area contributed by atoms with E-state index in [2.05, 4.69) is 15.3 Å². The van der Waals surface area contributed by atoms with Crippen molar-refractivity contribution in [3.8, 4) is 5.88 Å². The normalized spacial score (nSPS) is 10.9. The Hall–Kier alpha value is -2.51. The number of thiophene rings is 1. The minimum Gasteiger partial charge on any atom is -0.480 e. The molecule has 0 aliphatic carbocycles. The molecule has 2 aromatic heterocycles. The lowest BCUT2D eigenvalue weighted by molar-refractivity contribution is 0.0954. The van der Waals surface area contributed by atoms with Gasteiger partial charge in [-0.05, 0) is 25.0 Å². The van der Waals surface area contributed by atoms with Crippen molar-refractivity contribution in [1.29, 1.82) is 0 Å². The number of hydrogen-bond donors (Lipinski definition) is 1. The molecule has 1 aromatic carbocycles. The van der Waals surface area contributed by atoms with Gasteiger partial charge in [-0.15, -0.1) is 11.3 Å². The molecular weight excluding hydrogens is 350 g/mol. The minimum absolute atomic E-state index is 0.124. The first-order valence-electron chi connectivity index (χ1n) is 8.20. The molecule has 0 aliphatic rings. The lowest BCUT2D eigenvalue weighted by Gasteiger charge is -2.06. The van der Waals surface area contributed by atoms with Gasteiger partial charge in [-0.25, -0.2) is 4.98 Å². The molecular formula is C19H21N3O3S. The van der Waals surface area contributed by atoms with E-state index in [1.165, 1.54) is 16.9 Å². The molecule has 0 unspecified atom stereocenters. The van der Waals surface area contributed by atoms with E-state index in [-0.39, 0.29) is 12.5 Å².